The van der Waals surface area contributed by atoms with Crippen molar-refractivity contribution in [1.29, 1.82) is 0 Å². The molecular formula is C16H20N2O3S. The molecule has 0 spiro atoms. The van der Waals surface area contributed by atoms with Gasteiger partial charge in [-0.15, -0.1) is 0 Å². The molecule has 2 heterocycles. The number of benzene rings is 1. The van der Waals surface area contributed by atoms with Gasteiger partial charge in [0.25, 0.3) is 0 Å². The van der Waals surface area contributed by atoms with Gasteiger partial charge in [0.15, 0.2) is 5.76 Å². The molecule has 2 aromatic rings. The van der Waals surface area contributed by atoms with Gasteiger partial charge in [-0.05, 0) is 38.3 Å². The van der Waals surface area contributed by atoms with Gasteiger partial charge in [-0.25, -0.2) is 8.42 Å². The Hall–Kier alpha value is -1.66. The molecule has 1 fully saturated rings. The number of hydrogen-bond donors (Lipinski definition) is 0. The first kappa shape index (κ1) is 15.2. The molecule has 0 saturated carbocycles. The van der Waals surface area contributed by atoms with Crippen LogP contribution in [0.2, 0.25) is 0 Å². The van der Waals surface area contributed by atoms with E-state index in [1.165, 1.54) is 4.31 Å². The molecule has 1 aliphatic rings. The summed E-state index contributed by atoms with van der Waals surface area (Å²) in [5, 5.41) is 3.98. The second-order valence-electron chi connectivity index (χ2n) is 5.66. The molecule has 6 heteroatoms. The van der Waals surface area contributed by atoms with Crippen molar-refractivity contribution in [2.75, 3.05) is 6.54 Å². The van der Waals surface area contributed by atoms with Crippen molar-refractivity contribution in [3.63, 3.8) is 0 Å². The lowest BCUT2D eigenvalue weighted by atomic mass is 10.1. The number of aryl methyl sites for hydroxylation is 2. The second-order valence-corrected chi connectivity index (χ2v) is 7.55. The van der Waals surface area contributed by atoms with Crippen molar-refractivity contribution in [2.24, 2.45) is 0 Å². The SMILES string of the molecule is CCc1cc(C2CCCN2S(=O)(=O)c2ccc(C)cc2)on1. The van der Waals surface area contributed by atoms with Gasteiger partial charge in [-0.1, -0.05) is 29.8 Å². The van der Waals surface area contributed by atoms with Gasteiger partial charge in [-0.2, -0.15) is 4.31 Å². The molecule has 0 N–H and O–H groups in total. The third-order valence-electron chi connectivity index (χ3n) is 4.10. The quantitative estimate of drug-likeness (QED) is 0.868. The Balaban J connectivity index is 1.93. The van der Waals surface area contributed by atoms with Crippen LogP contribution in [-0.2, 0) is 16.4 Å². The molecule has 1 aromatic carbocycles. The first-order valence-electron chi connectivity index (χ1n) is 7.56. The van der Waals surface area contributed by atoms with Crippen LogP contribution in [0.1, 0.15) is 42.8 Å². The number of sulfonamides is 1. The maximum Gasteiger partial charge on any atom is 0.243 e. The first-order chi connectivity index (χ1) is 10.5. The molecule has 3 rings (SSSR count). The topological polar surface area (TPSA) is 63.4 Å². The summed E-state index contributed by atoms with van der Waals surface area (Å²) in [6.45, 7) is 4.45. The van der Waals surface area contributed by atoms with Gasteiger partial charge in [0, 0.05) is 12.6 Å². The average molecular weight is 320 g/mol. The minimum atomic E-state index is -3.50. The van der Waals surface area contributed by atoms with Crippen molar-refractivity contribution in [3.8, 4) is 0 Å². The summed E-state index contributed by atoms with van der Waals surface area (Å²) in [7, 11) is -3.50. The van der Waals surface area contributed by atoms with E-state index in [-0.39, 0.29) is 6.04 Å². The Labute approximate surface area is 131 Å². The molecule has 0 radical (unpaired) electrons. The third-order valence-corrected chi connectivity index (χ3v) is 6.02. The van der Waals surface area contributed by atoms with E-state index in [0.717, 1.165) is 30.5 Å². The van der Waals surface area contributed by atoms with Crippen molar-refractivity contribution in [1.82, 2.24) is 9.46 Å². The van der Waals surface area contributed by atoms with Crippen LogP contribution in [0.3, 0.4) is 0 Å². The van der Waals surface area contributed by atoms with Crippen molar-refractivity contribution in [3.05, 3.63) is 47.3 Å². The monoisotopic (exact) mass is 320 g/mol. The van der Waals surface area contributed by atoms with Crippen LogP contribution in [0, 0.1) is 6.92 Å². The molecule has 5 nitrogen and oxygen atoms in total. The molecular weight excluding hydrogens is 300 g/mol. The summed E-state index contributed by atoms with van der Waals surface area (Å²) < 4.78 is 32.6. The number of hydrogen-bond acceptors (Lipinski definition) is 4. The molecule has 0 bridgehead atoms. The summed E-state index contributed by atoms with van der Waals surface area (Å²) in [4.78, 5) is 0.334. The van der Waals surface area contributed by atoms with E-state index in [9.17, 15) is 8.42 Å². The van der Waals surface area contributed by atoms with Gasteiger partial charge in [0.1, 0.15) is 0 Å². The Morgan fingerprint density at radius 2 is 2.05 bits per heavy atom. The fourth-order valence-corrected chi connectivity index (χ4v) is 4.47. The summed E-state index contributed by atoms with van der Waals surface area (Å²) in [6, 6.07) is 8.59. The van der Waals surface area contributed by atoms with Gasteiger partial charge in [0.2, 0.25) is 10.0 Å². The number of aromatic nitrogens is 1. The largest absolute Gasteiger partial charge is 0.359 e. The van der Waals surface area contributed by atoms with Crippen molar-refractivity contribution < 1.29 is 12.9 Å². The molecule has 118 valence electrons. The highest BCUT2D eigenvalue weighted by atomic mass is 32.2. The average Bonchev–Trinajstić information content (AvgIpc) is 3.16. The molecule has 1 saturated heterocycles. The van der Waals surface area contributed by atoms with Crippen LogP contribution in [0.5, 0.6) is 0 Å². The Kier molecular flexibility index (Phi) is 4.06. The zero-order valence-corrected chi connectivity index (χ0v) is 13.6. The molecule has 1 atom stereocenters. The molecule has 0 amide bonds. The van der Waals surface area contributed by atoms with Crippen LogP contribution in [-0.4, -0.2) is 24.4 Å². The maximum absolute atomic E-state index is 12.9. The number of rotatable bonds is 4. The highest BCUT2D eigenvalue weighted by Crippen LogP contribution is 2.36. The van der Waals surface area contributed by atoms with Crippen LogP contribution < -0.4 is 0 Å². The lowest BCUT2D eigenvalue weighted by Gasteiger charge is -2.22. The molecule has 1 unspecified atom stereocenters. The van der Waals surface area contributed by atoms with Crippen LogP contribution in [0.15, 0.2) is 39.8 Å². The zero-order chi connectivity index (χ0) is 15.7. The predicted molar refractivity (Wildman–Crippen MR) is 82.9 cm³/mol. The highest BCUT2D eigenvalue weighted by Gasteiger charge is 2.38. The van der Waals surface area contributed by atoms with Crippen molar-refractivity contribution in [2.45, 2.75) is 44.0 Å². The molecule has 1 aliphatic heterocycles. The minimum Gasteiger partial charge on any atom is -0.359 e. The van der Waals surface area contributed by atoms with Crippen molar-refractivity contribution >= 4 is 10.0 Å². The van der Waals surface area contributed by atoms with E-state index < -0.39 is 10.0 Å². The van der Waals surface area contributed by atoms with E-state index in [4.69, 9.17) is 4.52 Å². The first-order valence-corrected chi connectivity index (χ1v) is 9.00. The minimum absolute atomic E-state index is 0.251. The standard InChI is InChI=1S/C16H20N2O3S/c1-3-13-11-16(21-17-13)15-5-4-10-18(15)22(19,20)14-8-6-12(2)7-9-14/h6-9,11,15H,3-5,10H2,1-2H3. The van der Waals surface area contributed by atoms with E-state index >= 15 is 0 Å². The van der Waals surface area contributed by atoms with Crippen LogP contribution in [0.4, 0.5) is 0 Å². The summed E-state index contributed by atoms with van der Waals surface area (Å²) >= 11 is 0. The van der Waals surface area contributed by atoms with E-state index in [1.54, 1.807) is 12.1 Å². The zero-order valence-electron chi connectivity index (χ0n) is 12.8. The summed E-state index contributed by atoms with van der Waals surface area (Å²) in [5.41, 5.74) is 1.90. The molecule has 0 aliphatic carbocycles. The normalized spacial score (nSPS) is 19.6. The van der Waals surface area contributed by atoms with Gasteiger partial charge in [0.05, 0.1) is 16.6 Å². The summed E-state index contributed by atoms with van der Waals surface area (Å²) in [5.74, 6) is 0.644. The Morgan fingerprint density at radius 1 is 1.32 bits per heavy atom. The van der Waals surface area contributed by atoms with Gasteiger partial charge >= 0.3 is 0 Å². The predicted octanol–water partition coefficient (Wildman–Crippen LogP) is 3.07. The van der Waals surface area contributed by atoms with Crippen LogP contribution >= 0.6 is 0 Å². The van der Waals surface area contributed by atoms with Gasteiger partial charge in [-0.3, -0.25) is 0 Å². The summed E-state index contributed by atoms with van der Waals surface area (Å²) in [6.07, 6.45) is 2.38. The molecule has 22 heavy (non-hydrogen) atoms. The smallest absolute Gasteiger partial charge is 0.243 e. The third kappa shape index (κ3) is 2.68. The lowest BCUT2D eigenvalue weighted by molar-refractivity contribution is 0.296. The Morgan fingerprint density at radius 3 is 2.68 bits per heavy atom. The lowest BCUT2D eigenvalue weighted by Crippen LogP contribution is -2.30. The number of nitrogens with zero attached hydrogens (tertiary/aromatic N) is 2. The fourth-order valence-electron chi connectivity index (χ4n) is 2.81. The maximum atomic E-state index is 12.9. The van der Waals surface area contributed by atoms with E-state index in [0.29, 0.717) is 17.2 Å². The Bertz CT molecular complexity index is 750. The second kappa shape index (κ2) is 5.85. The fraction of sp³-hybridized carbons (Fsp3) is 0.438. The highest BCUT2D eigenvalue weighted by molar-refractivity contribution is 7.89. The van der Waals surface area contributed by atoms with E-state index in [1.807, 2.05) is 32.0 Å². The van der Waals surface area contributed by atoms with Crippen LogP contribution in [0.25, 0.3) is 0 Å². The van der Waals surface area contributed by atoms with E-state index in [2.05, 4.69) is 5.16 Å². The van der Waals surface area contributed by atoms with Gasteiger partial charge < -0.3 is 4.52 Å². The molecule has 1 aromatic heterocycles.